The molecule has 0 aromatic carbocycles. The zero-order valence-electron chi connectivity index (χ0n) is 11.1. The summed E-state index contributed by atoms with van der Waals surface area (Å²) in [5, 5.41) is 0. The number of hydrogen-bond acceptors (Lipinski definition) is 2. The molecule has 1 rings (SSSR count). The fourth-order valence-electron chi connectivity index (χ4n) is 2.95. The molecule has 0 bridgehead atoms. The SMILES string of the molecule is CC(=O)N(C(C)C)[C@H]1CC[C@H](CC(N)=O)CC1. The van der Waals surface area contributed by atoms with Crippen LogP contribution in [-0.2, 0) is 9.59 Å². The Labute approximate surface area is 104 Å². The second-order valence-electron chi connectivity index (χ2n) is 5.37. The summed E-state index contributed by atoms with van der Waals surface area (Å²) in [6, 6.07) is 0.599. The number of carbonyl (C=O) groups excluding carboxylic acids is 2. The highest BCUT2D eigenvalue weighted by Gasteiger charge is 2.29. The van der Waals surface area contributed by atoms with Gasteiger partial charge in [0.2, 0.25) is 11.8 Å². The largest absolute Gasteiger partial charge is 0.370 e. The van der Waals surface area contributed by atoms with Crippen LogP contribution in [0.1, 0.15) is 52.9 Å². The van der Waals surface area contributed by atoms with Crippen LogP contribution in [0.2, 0.25) is 0 Å². The molecule has 17 heavy (non-hydrogen) atoms. The van der Waals surface area contributed by atoms with Crippen LogP contribution in [0.25, 0.3) is 0 Å². The van der Waals surface area contributed by atoms with Gasteiger partial charge < -0.3 is 10.6 Å². The summed E-state index contributed by atoms with van der Waals surface area (Å²) in [5.74, 6) is 0.365. The van der Waals surface area contributed by atoms with Crippen molar-refractivity contribution in [3.05, 3.63) is 0 Å². The van der Waals surface area contributed by atoms with Gasteiger partial charge in [-0.1, -0.05) is 0 Å². The first-order valence-corrected chi connectivity index (χ1v) is 6.49. The van der Waals surface area contributed by atoms with Crippen LogP contribution in [0.15, 0.2) is 0 Å². The van der Waals surface area contributed by atoms with Crippen molar-refractivity contribution in [2.24, 2.45) is 11.7 Å². The van der Waals surface area contributed by atoms with Crippen LogP contribution in [0.4, 0.5) is 0 Å². The number of nitrogens with zero attached hydrogens (tertiary/aromatic N) is 1. The number of nitrogens with two attached hydrogens (primary N) is 1. The lowest BCUT2D eigenvalue weighted by molar-refractivity contribution is -0.134. The number of rotatable bonds is 4. The van der Waals surface area contributed by atoms with Crippen molar-refractivity contribution in [2.75, 3.05) is 0 Å². The molecule has 2 N–H and O–H groups in total. The average Bonchev–Trinajstić information content (AvgIpc) is 2.18. The molecule has 1 fully saturated rings. The summed E-state index contributed by atoms with van der Waals surface area (Å²) in [5.41, 5.74) is 5.21. The molecule has 1 saturated carbocycles. The van der Waals surface area contributed by atoms with Crippen molar-refractivity contribution >= 4 is 11.8 Å². The Bertz CT molecular complexity index is 281. The monoisotopic (exact) mass is 240 g/mol. The van der Waals surface area contributed by atoms with Crippen LogP contribution < -0.4 is 5.73 Å². The van der Waals surface area contributed by atoms with Gasteiger partial charge in [-0.2, -0.15) is 0 Å². The van der Waals surface area contributed by atoms with E-state index in [0.717, 1.165) is 25.7 Å². The van der Waals surface area contributed by atoms with Gasteiger partial charge in [0, 0.05) is 25.4 Å². The molecule has 1 aliphatic carbocycles. The van der Waals surface area contributed by atoms with E-state index in [-0.39, 0.29) is 17.9 Å². The molecule has 0 saturated heterocycles. The summed E-state index contributed by atoms with van der Waals surface area (Å²) in [6.45, 7) is 5.74. The minimum Gasteiger partial charge on any atom is -0.370 e. The summed E-state index contributed by atoms with van der Waals surface area (Å²) in [4.78, 5) is 24.4. The normalized spacial score (nSPS) is 24.7. The lowest BCUT2D eigenvalue weighted by Gasteiger charge is -2.38. The highest BCUT2D eigenvalue weighted by atomic mass is 16.2. The molecule has 0 aliphatic heterocycles. The second kappa shape index (κ2) is 6.03. The van der Waals surface area contributed by atoms with Crippen LogP contribution in [-0.4, -0.2) is 28.8 Å². The van der Waals surface area contributed by atoms with Crippen LogP contribution in [0.5, 0.6) is 0 Å². The number of hydrogen-bond donors (Lipinski definition) is 1. The molecule has 4 heteroatoms. The molecule has 0 unspecified atom stereocenters. The number of amides is 2. The molecular formula is C13H24N2O2. The van der Waals surface area contributed by atoms with E-state index < -0.39 is 0 Å². The van der Waals surface area contributed by atoms with Gasteiger partial charge in [-0.3, -0.25) is 9.59 Å². The van der Waals surface area contributed by atoms with E-state index in [9.17, 15) is 9.59 Å². The maximum atomic E-state index is 11.6. The van der Waals surface area contributed by atoms with Crippen molar-refractivity contribution < 1.29 is 9.59 Å². The Morgan fingerprint density at radius 1 is 1.24 bits per heavy atom. The summed E-state index contributed by atoms with van der Waals surface area (Å²) in [7, 11) is 0. The first-order chi connectivity index (χ1) is 7.91. The smallest absolute Gasteiger partial charge is 0.219 e. The lowest BCUT2D eigenvalue weighted by atomic mass is 9.83. The predicted octanol–water partition coefficient (Wildman–Crippen LogP) is 1.68. The average molecular weight is 240 g/mol. The van der Waals surface area contributed by atoms with Crippen molar-refractivity contribution in [3.8, 4) is 0 Å². The molecule has 4 nitrogen and oxygen atoms in total. The summed E-state index contributed by atoms with van der Waals surface area (Å²) < 4.78 is 0. The van der Waals surface area contributed by atoms with Crippen LogP contribution >= 0.6 is 0 Å². The van der Waals surface area contributed by atoms with E-state index in [4.69, 9.17) is 5.73 Å². The molecule has 0 heterocycles. The van der Waals surface area contributed by atoms with Crippen LogP contribution in [0.3, 0.4) is 0 Å². The Morgan fingerprint density at radius 3 is 2.12 bits per heavy atom. The molecule has 0 spiro atoms. The fraction of sp³-hybridized carbons (Fsp3) is 0.846. The van der Waals surface area contributed by atoms with Gasteiger partial charge in [0.25, 0.3) is 0 Å². The highest BCUT2D eigenvalue weighted by molar-refractivity contribution is 5.74. The minimum atomic E-state index is -0.208. The maximum Gasteiger partial charge on any atom is 0.219 e. The Kier molecular flexibility index (Phi) is 4.97. The highest BCUT2D eigenvalue weighted by Crippen LogP contribution is 2.30. The molecule has 0 radical (unpaired) electrons. The first kappa shape index (κ1) is 14.0. The third-order valence-electron chi connectivity index (χ3n) is 3.62. The Balaban J connectivity index is 2.50. The molecule has 2 amide bonds. The van der Waals surface area contributed by atoms with Gasteiger partial charge >= 0.3 is 0 Å². The predicted molar refractivity (Wildman–Crippen MR) is 67.2 cm³/mol. The maximum absolute atomic E-state index is 11.6. The minimum absolute atomic E-state index is 0.151. The van der Waals surface area contributed by atoms with E-state index in [0.29, 0.717) is 18.4 Å². The molecule has 98 valence electrons. The van der Waals surface area contributed by atoms with Crippen molar-refractivity contribution in [1.29, 1.82) is 0 Å². The van der Waals surface area contributed by atoms with Crippen molar-refractivity contribution in [2.45, 2.75) is 65.0 Å². The zero-order chi connectivity index (χ0) is 13.0. The molecule has 0 aromatic rings. The topological polar surface area (TPSA) is 63.4 Å². The molecule has 0 aromatic heterocycles. The summed E-state index contributed by atoms with van der Waals surface area (Å²) >= 11 is 0. The standard InChI is InChI=1S/C13H24N2O2/c1-9(2)15(10(3)16)12-6-4-11(5-7-12)8-13(14)17/h9,11-12H,4-8H2,1-3H3,(H2,14,17)/t11-,12-. The number of carbonyl (C=O) groups is 2. The first-order valence-electron chi connectivity index (χ1n) is 6.49. The van der Waals surface area contributed by atoms with Gasteiger partial charge in [0.05, 0.1) is 0 Å². The van der Waals surface area contributed by atoms with E-state index in [2.05, 4.69) is 13.8 Å². The third-order valence-corrected chi connectivity index (χ3v) is 3.62. The van der Waals surface area contributed by atoms with Crippen LogP contribution in [0, 0.1) is 5.92 Å². The molecular weight excluding hydrogens is 216 g/mol. The quantitative estimate of drug-likeness (QED) is 0.812. The van der Waals surface area contributed by atoms with Gasteiger partial charge in [-0.25, -0.2) is 0 Å². The van der Waals surface area contributed by atoms with E-state index in [1.807, 2.05) is 4.90 Å². The third kappa shape index (κ3) is 4.02. The van der Waals surface area contributed by atoms with Crippen molar-refractivity contribution in [1.82, 2.24) is 4.90 Å². The Hall–Kier alpha value is -1.06. The second-order valence-corrected chi connectivity index (χ2v) is 5.37. The molecule has 0 atom stereocenters. The Morgan fingerprint density at radius 2 is 1.76 bits per heavy atom. The zero-order valence-corrected chi connectivity index (χ0v) is 11.1. The number of primary amides is 1. The van der Waals surface area contributed by atoms with Gasteiger partial charge in [0.15, 0.2) is 0 Å². The van der Waals surface area contributed by atoms with Gasteiger partial charge in [-0.15, -0.1) is 0 Å². The van der Waals surface area contributed by atoms with E-state index >= 15 is 0 Å². The lowest BCUT2D eigenvalue weighted by Crippen LogP contribution is -2.45. The van der Waals surface area contributed by atoms with E-state index in [1.165, 1.54) is 0 Å². The van der Waals surface area contributed by atoms with Gasteiger partial charge in [-0.05, 0) is 45.4 Å². The summed E-state index contributed by atoms with van der Waals surface area (Å²) in [6.07, 6.45) is 4.49. The molecule has 1 aliphatic rings. The van der Waals surface area contributed by atoms with Crippen molar-refractivity contribution in [3.63, 3.8) is 0 Å². The van der Waals surface area contributed by atoms with Gasteiger partial charge in [0.1, 0.15) is 0 Å². The van der Waals surface area contributed by atoms with E-state index in [1.54, 1.807) is 6.92 Å². The fourth-order valence-corrected chi connectivity index (χ4v) is 2.95.